The normalized spacial score (nSPS) is 18.7. The van der Waals surface area contributed by atoms with E-state index in [9.17, 15) is 0 Å². The Hall–Kier alpha value is -3.08. The maximum atomic E-state index is 5.76. The van der Waals surface area contributed by atoms with Crippen molar-refractivity contribution in [2.45, 2.75) is 24.8 Å². The van der Waals surface area contributed by atoms with E-state index in [2.05, 4.69) is 27.4 Å². The van der Waals surface area contributed by atoms with Crippen LogP contribution in [0.4, 0.5) is 5.95 Å². The molecule has 0 amide bonds. The molecule has 0 unspecified atom stereocenters. The first-order valence-corrected chi connectivity index (χ1v) is 8.76. The molecule has 1 saturated carbocycles. The molecule has 132 valence electrons. The monoisotopic (exact) mass is 347 g/mol. The number of para-hydroxylation sites is 1. The third-order valence-electron chi connectivity index (χ3n) is 4.63. The van der Waals surface area contributed by atoms with Crippen molar-refractivity contribution in [2.75, 3.05) is 12.4 Å². The summed E-state index contributed by atoms with van der Waals surface area (Å²) in [5.41, 5.74) is 1.32. The Morgan fingerprint density at radius 3 is 2.58 bits per heavy atom. The Bertz CT molecular complexity index is 864. The first kappa shape index (κ1) is 16.4. The minimum absolute atomic E-state index is 0.373. The van der Waals surface area contributed by atoms with Gasteiger partial charge in [0.05, 0.1) is 7.11 Å². The topological polar surface area (TPSA) is 56.3 Å². The molecule has 1 fully saturated rings. The number of nitrogens with zero attached hydrogens (tertiary/aromatic N) is 2. The molecule has 5 heteroatoms. The molecule has 1 aromatic heterocycles. The van der Waals surface area contributed by atoms with Crippen molar-refractivity contribution in [3.63, 3.8) is 0 Å². The first-order chi connectivity index (χ1) is 12.8. The number of rotatable bonds is 6. The Morgan fingerprint density at radius 1 is 0.962 bits per heavy atom. The van der Waals surface area contributed by atoms with Crippen LogP contribution in [0.2, 0.25) is 0 Å². The SMILES string of the molecule is COc1cccc(C2CC(Nc3nccc(Oc4ccccc4)n3)C2)c1. The number of anilines is 1. The molecule has 1 N–H and O–H groups in total. The van der Waals surface area contributed by atoms with E-state index in [0.29, 0.717) is 23.8 Å². The van der Waals surface area contributed by atoms with Crippen LogP contribution in [0.25, 0.3) is 0 Å². The summed E-state index contributed by atoms with van der Waals surface area (Å²) in [6, 6.07) is 20.1. The molecule has 26 heavy (non-hydrogen) atoms. The zero-order valence-corrected chi connectivity index (χ0v) is 14.6. The molecular weight excluding hydrogens is 326 g/mol. The number of benzene rings is 2. The van der Waals surface area contributed by atoms with Gasteiger partial charge in [0.2, 0.25) is 11.8 Å². The fourth-order valence-corrected chi connectivity index (χ4v) is 3.16. The minimum Gasteiger partial charge on any atom is -0.497 e. The first-order valence-electron chi connectivity index (χ1n) is 8.76. The second-order valence-corrected chi connectivity index (χ2v) is 6.42. The third-order valence-corrected chi connectivity index (χ3v) is 4.63. The maximum Gasteiger partial charge on any atom is 0.226 e. The van der Waals surface area contributed by atoms with E-state index in [4.69, 9.17) is 9.47 Å². The Balaban J connectivity index is 1.35. The highest BCUT2D eigenvalue weighted by Gasteiger charge is 2.31. The highest BCUT2D eigenvalue weighted by Crippen LogP contribution is 2.39. The molecule has 0 saturated heterocycles. The summed E-state index contributed by atoms with van der Waals surface area (Å²) in [5, 5.41) is 3.40. The largest absolute Gasteiger partial charge is 0.497 e. The van der Waals surface area contributed by atoms with Crippen LogP contribution in [0.15, 0.2) is 66.9 Å². The van der Waals surface area contributed by atoms with Gasteiger partial charge >= 0.3 is 0 Å². The van der Waals surface area contributed by atoms with Crippen LogP contribution in [0.5, 0.6) is 17.4 Å². The highest BCUT2D eigenvalue weighted by molar-refractivity contribution is 5.36. The Kier molecular flexibility index (Phi) is 4.69. The molecule has 1 heterocycles. The van der Waals surface area contributed by atoms with Gasteiger partial charge in [-0.15, -0.1) is 0 Å². The molecule has 0 radical (unpaired) electrons. The maximum absolute atomic E-state index is 5.76. The van der Waals surface area contributed by atoms with Gasteiger partial charge in [-0.2, -0.15) is 4.98 Å². The van der Waals surface area contributed by atoms with E-state index in [-0.39, 0.29) is 0 Å². The fraction of sp³-hybridized carbons (Fsp3) is 0.238. The second-order valence-electron chi connectivity index (χ2n) is 6.42. The summed E-state index contributed by atoms with van der Waals surface area (Å²) in [6.07, 6.45) is 3.83. The molecule has 0 bridgehead atoms. The van der Waals surface area contributed by atoms with Crippen LogP contribution in [-0.4, -0.2) is 23.1 Å². The van der Waals surface area contributed by atoms with E-state index in [1.54, 1.807) is 19.4 Å². The summed E-state index contributed by atoms with van der Waals surface area (Å²) >= 11 is 0. The summed E-state index contributed by atoms with van der Waals surface area (Å²) in [4.78, 5) is 8.76. The molecule has 1 aliphatic carbocycles. The average Bonchev–Trinajstić information content (AvgIpc) is 2.65. The van der Waals surface area contributed by atoms with Gasteiger partial charge in [0.15, 0.2) is 0 Å². The standard InChI is InChI=1S/C21H21N3O2/c1-25-19-9-5-6-15(14-19)16-12-17(13-16)23-21-22-11-10-20(24-21)26-18-7-3-2-4-8-18/h2-11,14,16-17H,12-13H2,1H3,(H,22,23,24). The van der Waals surface area contributed by atoms with Crippen LogP contribution in [0.1, 0.15) is 24.3 Å². The van der Waals surface area contributed by atoms with E-state index >= 15 is 0 Å². The van der Waals surface area contributed by atoms with Crippen molar-refractivity contribution >= 4 is 5.95 Å². The lowest BCUT2D eigenvalue weighted by Gasteiger charge is -2.36. The van der Waals surface area contributed by atoms with Gasteiger partial charge in [-0.05, 0) is 48.6 Å². The lowest BCUT2D eigenvalue weighted by Crippen LogP contribution is -2.34. The lowest BCUT2D eigenvalue weighted by atomic mass is 9.76. The van der Waals surface area contributed by atoms with Crippen LogP contribution < -0.4 is 14.8 Å². The van der Waals surface area contributed by atoms with Gasteiger partial charge in [0.25, 0.3) is 0 Å². The van der Waals surface area contributed by atoms with Crippen molar-refractivity contribution in [1.82, 2.24) is 9.97 Å². The summed E-state index contributed by atoms with van der Waals surface area (Å²) in [6.45, 7) is 0. The molecule has 2 aromatic carbocycles. The van der Waals surface area contributed by atoms with Gasteiger partial charge in [-0.1, -0.05) is 30.3 Å². The smallest absolute Gasteiger partial charge is 0.226 e. The average molecular weight is 347 g/mol. The second kappa shape index (κ2) is 7.44. The quantitative estimate of drug-likeness (QED) is 0.704. The van der Waals surface area contributed by atoms with E-state index in [1.165, 1.54) is 5.56 Å². The van der Waals surface area contributed by atoms with Gasteiger partial charge in [-0.25, -0.2) is 4.98 Å². The summed E-state index contributed by atoms with van der Waals surface area (Å²) in [7, 11) is 1.70. The lowest BCUT2D eigenvalue weighted by molar-refractivity contribution is 0.368. The van der Waals surface area contributed by atoms with Crippen LogP contribution in [0, 0.1) is 0 Å². The Labute approximate surface area is 153 Å². The van der Waals surface area contributed by atoms with Crippen molar-refractivity contribution < 1.29 is 9.47 Å². The zero-order valence-electron chi connectivity index (χ0n) is 14.6. The molecule has 1 aliphatic rings. The van der Waals surface area contributed by atoms with E-state index in [1.807, 2.05) is 42.5 Å². The van der Waals surface area contributed by atoms with Gasteiger partial charge in [0, 0.05) is 18.3 Å². The van der Waals surface area contributed by atoms with Crippen molar-refractivity contribution in [3.05, 3.63) is 72.4 Å². The van der Waals surface area contributed by atoms with Crippen molar-refractivity contribution in [2.24, 2.45) is 0 Å². The highest BCUT2D eigenvalue weighted by atomic mass is 16.5. The fourth-order valence-electron chi connectivity index (χ4n) is 3.16. The molecule has 0 atom stereocenters. The summed E-state index contributed by atoms with van der Waals surface area (Å²) in [5.74, 6) is 3.36. The number of nitrogens with one attached hydrogen (secondary N) is 1. The van der Waals surface area contributed by atoms with Crippen LogP contribution in [0.3, 0.4) is 0 Å². The van der Waals surface area contributed by atoms with E-state index in [0.717, 1.165) is 24.3 Å². The van der Waals surface area contributed by atoms with Crippen LogP contribution in [-0.2, 0) is 0 Å². The molecular formula is C21H21N3O2. The van der Waals surface area contributed by atoms with Gasteiger partial charge in [-0.3, -0.25) is 0 Å². The number of methoxy groups -OCH3 is 1. The molecule has 0 aliphatic heterocycles. The minimum atomic E-state index is 0.373. The molecule has 5 nitrogen and oxygen atoms in total. The number of aromatic nitrogens is 2. The molecule has 4 rings (SSSR count). The third kappa shape index (κ3) is 3.77. The Morgan fingerprint density at radius 2 is 1.77 bits per heavy atom. The van der Waals surface area contributed by atoms with E-state index < -0.39 is 0 Å². The number of hydrogen-bond acceptors (Lipinski definition) is 5. The summed E-state index contributed by atoms with van der Waals surface area (Å²) < 4.78 is 11.1. The van der Waals surface area contributed by atoms with Crippen molar-refractivity contribution in [3.8, 4) is 17.4 Å². The predicted molar refractivity (Wildman–Crippen MR) is 101 cm³/mol. The molecule has 3 aromatic rings. The molecule has 0 spiro atoms. The van der Waals surface area contributed by atoms with Gasteiger partial charge < -0.3 is 14.8 Å². The van der Waals surface area contributed by atoms with Crippen LogP contribution >= 0.6 is 0 Å². The zero-order chi connectivity index (χ0) is 17.8. The van der Waals surface area contributed by atoms with Crippen molar-refractivity contribution in [1.29, 1.82) is 0 Å². The predicted octanol–water partition coefficient (Wildman–Crippen LogP) is 4.64. The number of ether oxygens (including phenoxy) is 2. The number of hydrogen-bond donors (Lipinski definition) is 1. The van der Waals surface area contributed by atoms with Gasteiger partial charge in [0.1, 0.15) is 11.5 Å².